The van der Waals surface area contributed by atoms with Gasteiger partial charge in [-0.25, -0.2) is 4.39 Å². The lowest BCUT2D eigenvalue weighted by atomic mass is 9.44. The quantitative estimate of drug-likeness (QED) is 0.506. The minimum absolute atomic E-state index is 0.0648. The molecule has 4 fully saturated rings. The van der Waals surface area contributed by atoms with Gasteiger partial charge in [0.2, 0.25) is 0 Å². The van der Waals surface area contributed by atoms with E-state index in [4.69, 9.17) is 4.74 Å². The molecule has 1 unspecified atom stereocenters. The zero-order chi connectivity index (χ0) is 20.1. The third-order valence-corrected chi connectivity index (χ3v) is 10.4. The Labute approximate surface area is 171 Å². The fourth-order valence-corrected chi connectivity index (χ4v) is 8.83. The number of ether oxygens (including phenoxy) is 1. The van der Waals surface area contributed by atoms with Gasteiger partial charge >= 0.3 is 5.97 Å². The number of fused-ring (bicyclic) bond motifs is 5. The number of methoxy groups -OCH3 is 1. The molecular weight excluding hydrogens is 351 g/mol. The highest BCUT2D eigenvalue weighted by atomic mass is 19.1. The maximum Gasteiger partial charge on any atom is 0.305 e. The minimum atomic E-state index is -0.546. The molecule has 3 heteroatoms. The zero-order valence-corrected chi connectivity index (χ0v) is 18.5. The summed E-state index contributed by atoms with van der Waals surface area (Å²) in [5.41, 5.74) is 0.832. The van der Waals surface area contributed by atoms with Crippen LogP contribution in [0.5, 0.6) is 0 Å². The van der Waals surface area contributed by atoms with E-state index in [2.05, 4.69) is 20.8 Å². The van der Waals surface area contributed by atoms with Crippen molar-refractivity contribution in [1.82, 2.24) is 0 Å². The van der Waals surface area contributed by atoms with E-state index in [1.807, 2.05) is 0 Å². The summed E-state index contributed by atoms with van der Waals surface area (Å²) < 4.78 is 19.0. The number of alkyl halides is 1. The number of hydrogen-bond donors (Lipinski definition) is 0. The number of halogens is 1. The fraction of sp³-hybridized carbons (Fsp3) is 0.960. The lowest BCUT2D eigenvalue weighted by molar-refractivity contribution is -0.141. The fourth-order valence-electron chi connectivity index (χ4n) is 8.83. The normalized spacial score (nSPS) is 48.9. The van der Waals surface area contributed by atoms with Crippen LogP contribution in [0, 0.1) is 46.3 Å². The molecule has 4 aliphatic carbocycles. The van der Waals surface area contributed by atoms with Gasteiger partial charge in [0.1, 0.15) is 6.17 Å². The van der Waals surface area contributed by atoms with Crippen molar-refractivity contribution in [3.05, 3.63) is 0 Å². The lowest BCUT2D eigenvalue weighted by Gasteiger charge is -2.61. The number of carbonyl (C=O) groups is 1. The molecule has 0 bridgehead atoms. The second-order valence-corrected chi connectivity index (χ2v) is 11.3. The van der Waals surface area contributed by atoms with Gasteiger partial charge in [-0.2, -0.15) is 0 Å². The van der Waals surface area contributed by atoms with E-state index >= 15 is 0 Å². The predicted molar refractivity (Wildman–Crippen MR) is 111 cm³/mol. The van der Waals surface area contributed by atoms with Gasteiger partial charge < -0.3 is 4.74 Å². The van der Waals surface area contributed by atoms with Gasteiger partial charge in [-0.05, 0) is 111 Å². The molecule has 4 aliphatic rings. The van der Waals surface area contributed by atoms with Crippen LogP contribution in [0.3, 0.4) is 0 Å². The van der Waals surface area contributed by atoms with E-state index in [9.17, 15) is 9.18 Å². The summed E-state index contributed by atoms with van der Waals surface area (Å²) in [6.45, 7) is 7.47. The Morgan fingerprint density at radius 2 is 1.75 bits per heavy atom. The van der Waals surface area contributed by atoms with Gasteiger partial charge in [0.25, 0.3) is 0 Å². The van der Waals surface area contributed by atoms with Crippen LogP contribution < -0.4 is 0 Å². The molecule has 0 aromatic rings. The minimum Gasteiger partial charge on any atom is -0.469 e. The largest absolute Gasteiger partial charge is 0.469 e. The third kappa shape index (κ3) is 3.23. The molecule has 28 heavy (non-hydrogen) atoms. The first-order chi connectivity index (χ1) is 13.3. The number of carbonyl (C=O) groups excluding carboxylic acids is 1. The Bertz CT molecular complexity index is 591. The second-order valence-electron chi connectivity index (χ2n) is 11.3. The molecule has 0 radical (unpaired) electrons. The Morgan fingerprint density at radius 1 is 1.04 bits per heavy atom. The maximum absolute atomic E-state index is 14.1. The molecule has 0 N–H and O–H groups in total. The number of hydrogen-bond acceptors (Lipinski definition) is 2. The van der Waals surface area contributed by atoms with Gasteiger partial charge in [0.05, 0.1) is 7.11 Å². The predicted octanol–water partition coefficient (Wildman–Crippen LogP) is 6.57. The standard InChI is InChI=1S/C25H41FO2/c1-16(5-10-23(27)28-4)20-8-9-21-19-7-6-17-15-18(26)11-13-24(17,2)22(19)12-14-25(20,21)3/h16-22H,5-15H2,1-4H3/t16-,17-,18+,19+,20?,21+,22+,24+,25-/m1/s1. The summed E-state index contributed by atoms with van der Waals surface area (Å²) in [7, 11) is 1.49. The molecule has 0 aliphatic heterocycles. The van der Waals surface area contributed by atoms with Crippen molar-refractivity contribution in [1.29, 1.82) is 0 Å². The van der Waals surface area contributed by atoms with Crippen LogP contribution in [0.2, 0.25) is 0 Å². The van der Waals surface area contributed by atoms with Crippen molar-refractivity contribution in [3.8, 4) is 0 Å². The Morgan fingerprint density at radius 3 is 2.50 bits per heavy atom. The topological polar surface area (TPSA) is 26.3 Å². The highest BCUT2D eigenvalue weighted by Gasteiger charge is 2.60. The highest BCUT2D eigenvalue weighted by Crippen LogP contribution is 2.68. The van der Waals surface area contributed by atoms with Crippen LogP contribution >= 0.6 is 0 Å². The molecule has 160 valence electrons. The van der Waals surface area contributed by atoms with Crippen molar-refractivity contribution in [3.63, 3.8) is 0 Å². The van der Waals surface area contributed by atoms with E-state index in [0.717, 1.165) is 49.4 Å². The molecule has 4 saturated carbocycles. The van der Waals surface area contributed by atoms with Gasteiger partial charge in [-0.3, -0.25) is 4.79 Å². The van der Waals surface area contributed by atoms with Gasteiger partial charge in [0.15, 0.2) is 0 Å². The van der Waals surface area contributed by atoms with Crippen molar-refractivity contribution in [2.45, 2.75) is 97.6 Å². The SMILES string of the molecule is COC(=O)CC[C@@H](C)C1CC[C@H]2[C@@H]3CC[C@@H]4C[C@@H](F)CC[C@]4(C)[C@H]3CC[C@]12C. The van der Waals surface area contributed by atoms with Crippen LogP contribution in [-0.2, 0) is 9.53 Å². The van der Waals surface area contributed by atoms with Crippen LogP contribution in [-0.4, -0.2) is 19.3 Å². The maximum atomic E-state index is 14.1. The van der Waals surface area contributed by atoms with E-state index in [-0.39, 0.29) is 5.97 Å². The number of rotatable bonds is 4. The lowest BCUT2D eigenvalue weighted by Crippen LogP contribution is -2.54. The first-order valence-electron chi connectivity index (χ1n) is 12.0. The third-order valence-electron chi connectivity index (χ3n) is 10.4. The average molecular weight is 393 g/mol. The van der Waals surface area contributed by atoms with Crippen LogP contribution in [0.25, 0.3) is 0 Å². The molecule has 0 aromatic carbocycles. The number of esters is 1. The monoisotopic (exact) mass is 392 g/mol. The van der Waals surface area contributed by atoms with E-state index in [1.165, 1.54) is 45.6 Å². The molecule has 9 atom stereocenters. The van der Waals surface area contributed by atoms with Crippen LogP contribution in [0.4, 0.5) is 4.39 Å². The first kappa shape index (κ1) is 20.7. The zero-order valence-electron chi connectivity index (χ0n) is 18.5. The molecule has 0 spiro atoms. The van der Waals surface area contributed by atoms with Crippen LogP contribution in [0.1, 0.15) is 91.4 Å². The second kappa shape index (κ2) is 7.58. The molecule has 0 amide bonds. The van der Waals surface area contributed by atoms with Crippen molar-refractivity contribution in [2.75, 3.05) is 7.11 Å². The summed E-state index contributed by atoms with van der Waals surface area (Å²) in [4.78, 5) is 11.6. The van der Waals surface area contributed by atoms with E-state index in [1.54, 1.807) is 0 Å². The summed E-state index contributed by atoms with van der Waals surface area (Å²) in [6.07, 6.45) is 11.7. The summed E-state index contributed by atoms with van der Waals surface area (Å²) >= 11 is 0. The van der Waals surface area contributed by atoms with Crippen molar-refractivity contribution < 1.29 is 13.9 Å². The Hall–Kier alpha value is -0.600. The summed E-state index contributed by atoms with van der Waals surface area (Å²) in [6, 6.07) is 0. The molecule has 0 saturated heterocycles. The van der Waals surface area contributed by atoms with E-state index in [0.29, 0.717) is 29.1 Å². The molecule has 0 heterocycles. The van der Waals surface area contributed by atoms with Crippen LogP contribution in [0.15, 0.2) is 0 Å². The van der Waals surface area contributed by atoms with Gasteiger partial charge in [0, 0.05) is 6.42 Å². The molecule has 2 nitrogen and oxygen atoms in total. The van der Waals surface area contributed by atoms with E-state index < -0.39 is 6.17 Å². The van der Waals surface area contributed by atoms with Crippen molar-refractivity contribution in [2.24, 2.45) is 46.3 Å². The van der Waals surface area contributed by atoms with Gasteiger partial charge in [-0.1, -0.05) is 20.8 Å². The molecule has 0 aromatic heterocycles. The molecule has 4 rings (SSSR count). The van der Waals surface area contributed by atoms with Crippen molar-refractivity contribution >= 4 is 5.97 Å². The summed E-state index contributed by atoms with van der Waals surface area (Å²) in [5, 5.41) is 0. The highest BCUT2D eigenvalue weighted by molar-refractivity contribution is 5.69. The Kier molecular flexibility index (Phi) is 5.59. The first-order valence-corrected chi connectivity index (χ1v) is 12.0. The summed E-state index contributed by atoms with van der Waals surface area (Å²) in [5.74, 6) is 4.42. The Balaban J connectivity index is 1.48. The molecular formula is C25H41FO2. The van der Waals surface area contributed by atoms with Gasteiger partial charge in [-0.15, -0.1) is 0 Å². The average Bonchev–Trinajstić information content (AvgIpc) is 3.03. The smallest absolute Gasteiger partial charge is 0.305 e.